The van der Waals surface area contributed by atoms with Gasteiger partial charge in [-0.1, -0.05) is 0 Å². The third kappa shape index (κ3) is 3.87. The van der Waals surface area contributed by atoms with E-state index in [2.05, 4.69) is 39.5 Å². The highest BCUT2D eigenvalue weighted by Gasteiger charge is 2.39. The Morgan fingerprint density at radius 1 is 1.25 bits per heavy atom. The molecule has 0 saturated carbocycles. The molecule has 0 aromatic heterocycles. The number of carbonyl (C=O) groups excluding carboxylic acids is 1. The summed E-state index contributed by atoms with van der Waals surface area (Å²) in [6.45, 7) is 14.0. The van der Waals surface area contributed by atoms with Crippen molar-refractivity contribution in [3.8, 4) is 0 Å². The summed E-state index contributed by atoms with van der Waals surface area (Å²) in [5.74, 6) is 0.259. The lowest BCUT2D eigenvalue weighted by molar-refractivity contribution is -0.187. The van der Waals surface area contributed by atoms with Crippen LogP contribution in [0.1, 0.15) is 48.0 Å². The van der Waals surface area contributed by atoms with Crippen molar-refractivity contribution in [3.63, 3.8) is 0 Å². The maximum Gasteiger partial charge on any atom is 0.131 e. The highest BCUT2D eigenvalue weighted by molar-refractivity contribution is 5.76. The molecule has 0 amide bonds. The van der Waals surface area contributed by atoms with E-state index in [-0.39, 0.29) is 17.0 Å². The monoisotopic (exact) mass is 227 g/mol. The Bertz CT molecular complexity index is 255. The van der Waals surface area contributed by atoms with Crippen LogP contribution in [0.4, 0.5) is 0 Å². The lowest BCUT2D eigenvalue weighted by Crippen LogP contribution is -2.59. The predicted molar refractivity (Wildman–Crippen MR) is 65.6 cm³/mol. The van der Waals surface area contributed by atoms with Crippen molar-refractivity contribution in [2.75, 3.05) is 13.1 Å². The first-order chi connectivity index (χ1) is 7.11. The molecular weight excluding hydrogens is 202 g/mol. The van der Waals surface area contributed by atoms with Gasteiger partial charge in [-0.15, -0.1) is 0 Å². The standard InChI is InChI=1S/C13H25NO2/c1-10(7-11(2)15)14-8-12(3,4)16-13(5,6)9-14/h10H,7-9H2,1-6H3. The minimum absolute atomic E-state index is 0.132. The largest absolute Gasteiger partial charge is 0.367 e. The molecule has 1 atom stereocenters. The molecular formula is C13H25NO2. The molecule has 1 aliphatic heterocycles. The Hall–Kier alpha value is -0.410. The van der Waals surface area contributed by atoms with Gasteiger partial charge in [0.2, 0.25) is 0 Å². The summed E-state index contributed by atoms with van der Waals surface area (Å²) in [4.78, 5) is 13.5. The van der Waals surface area contributed by atoms with E-state index >= 15 is 0 Å². The number of morpholine rings is 1. The summed E-state index contributed by atoms with van der Waals surface area (Å²) in [6.07, 6.45) is 0.631. The molecule has 1 aliphatic rings. The van der Waals surface area contributed by atoms with Gasteiger partial charge in [-0.2, -0.15) is 0 Å². The van der Waals surface area contributed by atoms with E-state index in [1.165, 1.54) is 0 Å². The van der Waals surface area contributed by atoms with Gasteiger partial charge in [0.25, 0.3) is 0 Å². The van der Waals surface area contributed by atoms with Gasteiger partial charge in [0.05, 0.1) is 11.2 Å². The molecule has 3 heteroatoms. The molecule has 1 heterocycles. The third-order valence-corrected chi connectivity index (χ3v) is 2.93. The number of hydrogen-bond acceptors (Lipinski definition) is 3. The summed E-state index contributed by atoms with van der Waals surface area (Å²) in [7, 11) is 0. The van der Waals surface area contributed by atoms with Crippen molar-refractivity contribution >= 4 is 5.78 Å². The van der Waals surface area contributed by atoms with Gasteiger partial charge in [-0.3, -0.25) is 9.69 Å². The predicted octanol–water partition coefficient (Wildman–Crippen LogP) is 2.24. The summed E-state index contributed by atoms with van der Waals surface area (Å²) >= 11 is 0. The number of rotatable bonds is 3. The highest BCUT2D eigenvalue weighted by Crippen LogP contribution is 2.29. The number of hydrogen-bond donors (Lipinski definition) is 0. The van der Waals surface area contributed by atoms with Crippen LogP contribution in [-0.2, 0) is 9.53 Å². The van der Waals surface area contributed by atoms with E-state index in [4.69, 9.17) is 4.74 Å². The number of carbonyl (C=O) groups is 1. The number of ether oxygens (including phenoxy) is 1. The Morgan fingerprint density at radius 3 is 2.06 bits per heavy atom. The molecule has 0 radical (unpaired) electrons. The quantitative estimate of drug-likeness (QED) is 0.740. The smallest absolute Gasteiger partial charge is 0.131 e. The van der Waals surface area contributed by atoms with E-state index in [1.807, 2.05) is 0 Å². The minimum Gasteiger partial charge on any atom is -0.367 e. The number of nitrogens with zero attached hydrogens (tertiary/aromatic N) is 1. The first kappa shape index (κ1) is 13.7. The maximum absolute atomic E-state index is 11.2. The third-order valence-electron chi connectivity index (χ3n) is 2.93. The van der Waals surface area contributed by atoms with Crippen LogP contribution < -0.4 is 0 Å². The molecule has 0 aromatic rings. The van der Waals surface area contributed by atoms with Gasteiger partial charge in [0, 0.05) is 25.6 Å². The van der Waals surface area contributed by atoms with Gasteiger partial charge in [-0.25, -0.2) is 0 Å². The maximum atomic E-state index is 11.2. The molecule has 0 bridgehead atoms. The summed E-state index contributed by atoms with van der Waals surface area (Å²) < 4.78 is 6.02. The Kier molecular flexibility index (Phi) is 3.80. The topological polar surface area (TPSA) is 29.5 Å². The fourth-order valence-electron chi connectivity index (χ4n) is 2.70. The summed E-state index contributed by atoms with van der Waals surface area (Å²) in [5.41, 5.74) is -0.264. The zero-order valence-corrected chi connectivity index (χ0v) is 11.5. The lowest BCUT2D eigenvalue weighted by atomic mass is 9.96. The van der Waals surface area contributed by atoms with Crippen molar-refractivity contribution in [2.24, 2.45) is 0 Å². The van der Waals surface area contributed by atoms with Crippen LogP contribution in [0, 0.1) is 0 Å². The van der Waals surface area contributed by atoms with Gasteiger partial charge in [0.15, 0.2) is 0 Å². The fraction of sp³-hybridized carbons (Fsp3) is 0.923. The van der Waals surface area contributed by atoms with E-state index < -0.39 is 0 Å². The van der Waals surface area contributed by atoms with Crippen LogP contribution in [0.2, 0.25) is 0 Å². The van der Waals surface area contributed by atoms with Gasteiger partial charge >= 0.3 is 0 Å². The molecule has 0 N–H and O–H groups in total. The normalized spacial score (nSPS) is 26.4. The Morgan fingerprint density at radius 2 is 1.69 bits per heavy atom. The van der Waals surface area contributed by atoms with Crippen molar-refractivity contribution in [2.45, 2.75) is 65.2 Å². The van der Waals surface area contributed by atoms with Gasteiger partial charge < -0.3 is 4.74 Å². The van der Waals surface area contributed by atoms with E-state index in [0.29, 0.717) is 12.5 Å². The van der Waals surface area contributed by atoms with Crippen LogP contribution >= 0.6 is 0 Å². The fourth-order valence-corrected chi connectivity index (χ4v) is 2.70. The molecule has 3 nitrogen and oxygen atoms in total. The van der Waals surface area contributed by atoms with Crippen molar-refractivity contribution in [1.82, 2.24) is 4.90 Å². The second-order valence-electron chi connectivity index (χ2n) is 6.28. The molecule has 0 spiro atoms. The average molecular weight is 227 g/mol. The van der Waals surface area contributed by atoms with Crippen LogP contribution in [-0.4, -0.2) is 41.0 Å². The number of ketones is 1. The molecule has 1 unspecified atom stereocenters. The van der Waals surface area contributed by atoms with Crippen LogP contribution in [0.5, 0.6) is 0 Å². The van der Waals surface area contributed by atoms with Crippen LogP contribution in [0.15, 0.2) is 0 Å². The Labute approximate surface area is 99.1 Å². The van der Waals surface area contributed by atoms with Crippen LogP contribution in [0.25, 0.3) is 0 Å². The summed E-state index contributed by atoms with van der Waals surface area (Å²) in [5, 5.41) is 0. The van der Waals surface area contributed by atoms with Crippen LogP contribution in [0.3, 0.4) is 0 Å². The van der Waals surface area contributed by atoms with Gasteiger partial charge in [0.1, 0.15) is 5.78 Å². The van der Waals surface area contributed by atoms with Crippen molar-refractivity contribution < 1.29 is 9.53 Å². The molecule has 0 aromatic carbocycles. The molecule has 1 rings (SSSR count). The molecule has 94 valence electrons. The van der Waals surface area contributed by atoms with Crippen molar-refractivity contribution in [3.05, 3.63) is 0 Å². The van der Waals surface area contributed by atoms with E-state index in [1.54, 1.807) is 6.92 Å². The lowest BCUT2D eigenvalue weighted by Gasteiger charge is -2.49. The van der Waals surface area contributed by atoms with Crippen molar-refractivity contribution in [1.29, 1.82) is 0 Å². The molecule has 16 heavy (non-hydrogen) atoms. The summed E-state index contributed by atoms with van der Waals surface area (Å²) in [6, 6.07) is 0.306. The number of Topliss-reactive ketones (excluding diaryl/α,β-unsaturated/α-hetero) is 1. The molecule has 1 fully saturated rings. The molecule has 1 saturated heterocycles. The SMILES string of the molecule is CC(=O)CC(C)N1CC(C)(C)OC(C)(C)C1. The Balaban J connectivity index is 2.70. The highest BCUT2D eigenvalue weighted by atomic mass is 16.5. The van der Waals surface area contributed by atoms with E-state index in [9.17, 15) is 4.79 Å². The van der Waals surface area contributed by atoms with Gasteiger partial charge in [-0.05, 0) is 41.5 Å². The first-order valence-electron chi connectivity index (χ1n) is 6.05. The first-order valence-corrected chi connectivity index (χ1v) is 6.05. The van der Waals surface area contributed by atoms with E-state index in [0.717, 1.165) is 13.1 Å². The second-order valence-corrected chi connectivity index (χ2v) is 6.28. The zero-order valence-electron chi connectivity index (χ0n) is 11.5. The zero-order chi connectivity index (χ0) is 12.6. The average Bonchev–Trinajstić information content (AvgIpc) is 1.96. The second kappa shape index (κ2) is 4.46. The molecule has 0 aliphatic carbocycles. The minimum atomic E-state index is -0.132.